The van der Waals surface area contributed by atoms with Crippen LogP contribution in [-0.4, -0.2) is 41.7 Å². The zero-order chi connectivity index (χ0) is 18.4. The molecule has 26 heavy (non-hydrogen) atoms. The molecule has 2 atom stereocenters. The average molecular weight is 357 g/mol. The van der Waals surface area contributed by atoms with Crippen molar-refractivity contribution < 1.29 is 19.0 Å². The molecule has 2 aromatic carbocycles. The second-order valence-corrected chi connectivity index (χ2v) is 6.66. The number of rotatable bonds is 6. The van der Waals surface area contributed by atoms with Crippen molar-refractivity contribution in [3.8, 4) is 5.75 Å². The van der Waals surface area contributed by atoms with Crippen LogP contribution in [0.1, 0.15) is 18.4 Å². The van der Waals surface area contributed by atoms with Crippen LogP contribution in [-0.2, 0) is 11.2 Å². The standard InChI is InChI=1S/C21H24FNO3/c22-19-9-5-4-6-16(19)14-17-15-23(12-10-20(17)24)21(25)11-13-26-18-7-2-1-3-8-18/h1-9,17,20,24H,10-15H2/t17-,20+/m1/s1. The summed E-state index contributed by atoms with van der Waals surface area (Å²) in [5.74, 6) is 0.331. The molecule has 4 nitrogen and oxygen atoms in total. The summed E-state index contributed by atoms with van der Waals surface area (Å²) in [5.41, 5.74) is 0.582. The Morgan fingerprint density at radius 2 is 1.88 bits per heavy atom. The van der Waals surface area contributed by atoms with Gasteiger partial charge in [-0.25, -0.2) is 4.39 Å². The third kappa shape index (κ3) is 4.82. The summed E-state index contributed by atoms with van der Waals surface area (Å²) in [6.45, 7) is 1.29. The fourth-order valence-corrected chi connectivity index (χ4v) is 3.32. The van der Waals surface area contributed by atoms with Crippen molar-refractivity contribution >= 4 is 5.91 Å². The predicted octanol–water partition coefficient (Wildman–Crippen LogP) is 3.05. The first kappa shape index (κ1) is 18.4. The third-order valence-corrected chi connectivity index (χ3v) is 4.81. The van der Waals surface area contributed by atoms with Crippen LogP contribution < -0.4 is 4.74 Å². The monoisotopic (exact) mass is 357 g/mol. The number of aliphatic hydroxyl groups excluding tert-OH is 1. The van der Waals surface area contributed by atoms with Crippen LogP contribution in [0.15, 0.2) is 54.6 Å². The van der Waals surface area contributed by atoms with Crippen LogP contribution in [0.2, 0.25) is 0 Å². The first-order chi connectivity index (χ1) is 12.6. The Morgan fingerprint density at radius 3 is 2.65 bits per heavy atom. The molecule has 2 aromatic rings. The van der Waals surface area contributed by atoms with Crippen molar-refractivity contribution in [2.45, 2.75) is 25.4 Å². The van der Waals surface area contributed by atoms with Crippen LogP contribution in [0.5, 0.6) is 5.75 Å². The Hall–Kier alpha value is -2.40. The van der Waals surface area contributed by atoms with Crippen molar-refractivity contribution in [3.63, 3.8) is 0 Å². The Labute approximate surface area is 153 Å². The molecule has 0 bridgehead atoms. The lowest BCUT2D eigenvalue weighted by molar-refractivity contribution is -0.135. The topological polar surface area (TPSA) is 49.8 Å². The summed E-state index contributed by atoms with van der Waals surface area (Å²) in [5, 5.41) is 10.3. The molecule has 0 aromatic heterocycles. The lowest BCUT2D eigenvalue weighted by Crippen LogP contribution is -2.47. The van der Waals surface area contributed by atoms with E-state index in [1.807, 2.05) is 30.3 Å². The van der Waals surface area contributed by atoms with Gasteiger partial charge >= 0.3 is 0 Å². The zero-order valence-corrected chi connectivity index (χ0v) is 14.7. The van der Waals surface area contributed by atoms with E-state index < -0.39 is 6.10 Å². The largest absolute Gasteiger partial charge is 0.493 e. The van der Waals surface area contributed by atoms with Gasteiger partial charge in [0.1, 0.15) is 11.6 Å². The number of hydrogen-bond donors (Lipinski definition) is 1. The molecule has 0 aliphatic carbocycles. The Balaban J connectivity index is 1.52. The van der Waals surface area contributed by atoms with Crippen LogP contribution in [0.4, 0.5) is 4.39 Å². The summed E-state index contributed by atoms with van der Waals surface area (Å²) in [6.07, 6.45) is 0.721. The molecule has 1 amide bonds. The van der Waals surface area contributed by atoms with Gasteiger partial charge in [-0.15, -0.1) is 0 Å². The van der Waals surface area contributed by atoms with E-state index in [9.17, 15) is 14.3 Å². The molecular weight excluding hydrogens is 333 g/mol. The molecule has 138 valence electrons. The predicted molar refractivity (Wildman–Crippen MR) is 97.4 cm³/mol. The number of carbonyl (C=O) groups is 1. The third-order valence-electron chi connectivity index (χ3n) is 4.81. The Kier molecular flexibility index (Phi) is 6.23. The number of amides is 1. The molecule has 1 aliphatic rings. The number of carbonyl (C=O) groups excluding carboxylic acids is 1. The van der Waals surface area contributed by atoms with E-state index in [1.165, 1.54) is 6.07 Å². The van der Waals surface area contributed by atoms with Gasteiger partial charge in [-0.1, -0.05) is 36.4 Å². The molecule has 0 saturated carbocycles. The smallest absolute Gasteiger partial charge is 0.226 e. The number of piperidine rings is 1. The maximum absolute atomic E-state index is 13.9. The van der Waals surface area contributed by atoms with Crippen molar-refractivity contribution in [2.24, 2.45) is 5.92 Å². The minimum Gasteiger partial charge on any atom is -0.493 e. The van der Waals surface area contributed by atoms with Crippen molar-refractivity contribution in [2.75, 3.05) is 19.7 Å². The number of hydrogen-bond acceptors (Lipinski definition) is 3. The molecule has 0 unspecified atom stereocenters. The highest BCUT2D eigenvalue weighted by molar-refractivity contribution is 5.76. The van der Waals surface area contributed by atoms with E-state index in [4.69, 9.17) is 4.74 Å². The summed E-state index contributed by atoms with van der Waals surface area (Å²) in [6, 6.07) is 16.0. The summed E-state index contributed by atoms with van der Waals surface area (Å²) < 4.78 is 19.5. The molecule has 5 heteroatoms. The summed E-state index contributed by atoms with van der Waals surface area (Å²) >= 11 is 0. The normalized spacial score (nSPS) is 20.0. The van der Waals surface area contributed by atoms with Gasteiger partial charge in [0, 0.05) is 19.0 Å². The molecule has 0 spiro atoms. The van der Waals surface area contributed by atoms with E-state index in [-0.39, 0.29) is 24.1 Å². The van der Waals surface area contributed by atoms with E-state index in [0.717, 1.165) is 5.75 Å². The number of aliphatic hydroxyl groups is 1. The minimum absolute atomic E-state index is 0.00589. The lowest BCUT2D eigenvalue weighted by Gasteiger charge is -2.36. The van der Waals surface area contributed by atoms with Crippen LogP contribution in [0.3, 0.4) is 0 Å². The maximum atomic E-state index is 13.9. The first-order valence-corrected chi connectivity index (χ1v) is 9.00. The summed E-state index contributed by atoms with van der Waals surface area (Å²) in [7, 11) is 0. The Morgan fingerprint density at radius 1 is 1.15 bits per heavy atom. The molecule has 1 fully saturated rings. The number of para-hydroxylation sites is 1. The van der Waals surface area contributed by atoms with Crippen LogP contribution in [0.25, 0.3) is 0 Å². The minimum atomic E-state index is -0.515. The lowest BCUT2D eigenvalue weighted by atomic mass is 9.88. The van der Waals surface area contributed by atoms with Crippen molar-refractivity contribution in [3.05, 3.63) is 66.0 Å². The van der Waals surface area contributed by atoms with E-state index in [0.29, 0.717) is 38.1 Å². The van der Waals surface area contributed by atoms with Gasteiger partial charge in [-0.05, 0) is 36.6 Å². The van der Waals surface area contributed by atoms with Crippen LogP contribution >= 0.6 is 0 Å². The molecule has 1 saturated heterocycles. The fraction of sp³-hybridized carbons (Fsp3) is 0.381. The number of halogens is 1. The number of nitrogens with zero attached hydrogens (tertiary/aromatic N) is 1. The van der Waals surface area contributed by atoms with E-state index in [2.05, 4.69) is 0 Å². The second kappa shape index (κ2) is 8.81. The van der Waals surface area contributed by atoms with Gasteiger partial charge in [0.2, 0.25) is 5.91 Å². The molecule has 1 aliphatic heterocycles. The van der Waals surface area contributed by atoms with E-state index in [1.54, 1.807) is 23.1 Å². The zero-order valence-electron chi connectivity index (χ0n) is 14.7. The highest BCUT2D eigenvalue weighted by Crippen LogP contribution is 2.23. The van der Waals surface area contributed by atoms with Gasteiger partial charge < -0.3 is 14.7 Å². The van der Waals surface area contributed by atoms with Crippen LogP contribution in [0, 0.1) is 11.7 Å². The quantitative estimate of drug-likeness (QED) is 0.864. The molecular formula is C21H24FNO3. The van der Waals surface area contributed by atoms with Gasteiger partial charge in [0.25, 0.3) is 0 Å². The molecule has 1 N–H and O–H groups in total. The van der Waals surface area contributed by atoms with Crippen molar-refractivity contribution in [1.82, 2.24) is 4.90 Å². The average Bonchev–Trinajstić information content (AvgIpc) is 2.66. The van der Waals surface area contributed by atoms with Gasteiger partial charge in [-0.3, -0.25) is 4.79 Å². The van der Waals surface area contributed by atoms with E-state index >= 15 is 0 Å². The summed E-state index contributed by atoms with van der Waals surface area (Å²) in [4.78, 5) is 14.2. The first-order valence-electron chi connectivity index (χ1n) is 9.00. The molecule has 3 rings (SSSR count). The highest BCUT2D eigenvalue weighted by atomic mass is 19.1. The SMILES string of the molecule is O=C(CCOc1ccccc1)N1CC[C@H](O)[C@H](Cc2ccccc2F)C1. The number of benzene rings is 2. The van der Waals surface area contributed by atoms with Gasteiger partial charge in [-0.2, -0.15) is 0 Å². The van der Waals surface area contributed by atoms with Gasteiger partial charge in [0.15, 0.2) is 0 Å². The number of likely N-dealkylation sites (tertiary alicyclic amines) is 1. The second-order valence-electron chi connectivity index (χ2n) is 6.66. The Bertz CT molecular complexity index is 722. The number of ether oxygens (including phenoxy) is 1. The fourth-order valence-electron chi connectivity index (χ4n) is 3.32. The maximum Gasteiger partial charge on any atom is 0.226 e. The molecule has 0 radical (unpaired) electrons. The highest BCUT2D eigenvalue weighted by Gasteiger charge is 2.30. The van der Waals surface area contributed by atoms with Gasteiger partial charge in [0.05, 0.1) is 19.1 Å². The molecule has 1 heterocycles. The van der Waals surface area contributed by atoms with Crippen molar-refractivity contribution in [1.29, 1.82) is 0 Å².